The van der Waals surface area contributed by atoms with Gasteiger partial charge in [0.15, 0.2) is 0 Å². The Morgan fingerprint density at radius 1 is 1.07 bits per heavy atom. The number of carbonyl (C=O) groups is 1. The van der Waals surface area contributed by atoms with Gasteiger partial charge in [0.25, 0.3) is 5.22 Å². The number of hydrogen-bond donors (Lipinski definition) is 1. The van der Waals surface area contributed by atoms with Crippen molar-refractivity contribution in [3.05, 3.63) is 48.5 Å². The number of thioether (sulfide) groups is 1. The molecule has 0 radical (unpaired) electrons. The molecule has 8 heteroatoms. The lowest BCUT2D eigenvalue weighted by Gasteiger charge is -2.12. The summed E-state index contributed by atoms with van der Waals surface area (Å²) in [4.78, 5) is 12.4. The topological polar surface area (TPSA) is 86.5 Å². The summed E-state index contributed by atoms with van der Waals surface area (Å²) < 4.78 is 16.0. The number of aromatic nitrogens is 2. The monoisotopic (exact) mass is 385 g/mol. The van der Waals surface area contributed by atoms with Gasteiger partial charge in [0, 0.05) is 5.56 Å². The van der Waals surface area contributed by atoms with Crippen LogP contribution in [0.3, 0.4) is 0 Å². The largest absolute Gasteiger partial charge is 0.497 e. The van der Waals surface area contributed by atoms with Crippen LogP contribution in [0.25, 0.3) is 11.5 Å². The van der Waals surface area contributed by atoms with Crippen LogP contribution in [-0.4, -0.2) is 35.6 Å². The molecule has 0 unspecified atom stereocenters. The van der Waals surface area contributed by atoms with E-state index in [1.54, 1.807) is 33.3 Å². The van der Waals surface area contributed by atoms with Crippen LogP contribution in [0.4, 0.5) is 5.69 Å². The Morgan fingerprint density at radius 3 is 2.52 bits per heavy atom. The maximum absolute atomic E-state index is 12.4. The molecule has 0 spiro atoms. The van der Waals surface area contributed by atoms with E-state index in [4.69, 9.17) is 13.9 Å². The Kier molecular flexibility index (Phi) is 5.97. The number of nitrogens with one attached hydrogen (secondary N) is 1. The molecule has 7 nitrogen and oxygen atoms in total. The van der Waals surface area contributed by atoms with Crippen molar-refractivity contribution in [2.24, 2.45) is 0 Å². The van der Waals surface area contributed by atoms with Crippen LogP contribution in [0.5, 0.6) is 11.5 Å². The quantitative estimate of drug-likeness (QED) is 0.618. The highest BCUT2D eigenvalue weighted by Crippen LogP contribution is 2.29. The first-order valence-corrected chi connectivity index (χ1v) is 9.07. The lowest BCUT2D eigenvalue weighted by molar-refractivity contribution is -0.115. The molecule has 3 rings (SSSR count). The van der Waals surface area contributed by atoms with E-state index in [1.165, 1.54) is 11.8 Å². The van der Waals surface area contributed by atoms with Crippen molar-refractivity contribution < 1.29 is 18.7 Å². The lowest BCUT2D eigenvalue weighted by atomic mass is 10.2. The Morgan fingerprint density at radius 2 is 1.81 bits per heavy atom. The van der Waals surface area contributed by atoms with E-state index in [1.807, 2.05) is 36.4 Å². The van der Waals surface area contributed by atoms with Crippen molar-refractivity contribution in [1.29, 1.82) is 0 Å². The molecule has 1 aromatic heterocycles. The Bertz CT molecular complexity index is 911. The van der Waals surface area contributed by atoms with Gasteiger partial charge in [-0.15, -0.1) is 10.2 Å². The van der Waals surface area contributed by atoms with Crippen molar-refractivity contribution in [3.8, 4) is 23.0 Å². The molecular formula is C19H19N3O4S. The standard InChI is InChI=1S/C19H19N3O4S/c1-12(17(23)20-15-6-4-5-7-16(15)25-3)27-19-22-21-18(26-19)13-8-10-14(24-2)11-9-13/h4-12H,1-3H3,(H,20,23)/t12-/m1/s1. The summed E-state index contributed by atoms with van der Waals surface area (Å²) in [7, 11) is 3.16. The third-order valence-electron chi connectivity index (χ3n) is 3.76. The third-order valence-corrected chi connectivity index (χ3v) is 4.69. The van der Waals surface area contributed by atoms with Gasteiger partial charge in [-0.05, 0) is 43.3 Å². The van der Waals surface area contributed by atoms with Gasteiger partial charge < -0.3 is 19.2 Å². The van der Waals surface area contributed by atoms with Gasteiger partial charge in [0.1, 0.15) is 11.5 Å². The molecule has 140 valence electrons. The summed E-state index contributed by atoms with van der Waals surface area (Å²) in [6.45, 7) is 1.77. The van der Waals surface area contributed by atoms with Gasteiger partial charge in [-0.1, -0.05) is 23.9 Å². The van der Waals surface area contributed by atoms with Gasteiger partial charge in [-0.2, -0.15) is 0 Å². The van der Waals surface area contributed by atoms with Crippen molar-refractivity contribution in [1.82, 2.24) is 10.2 Å². The fraction of sp³-hybridized carbons (Fsp3) is 0.211. The first-order chi connectivity index (χ1) is 13.1. The van der Waals surface area contributed by atoms with E-state index in [0.29, 0.717) is 22.6 Å². The number of methoxy groups -OCH3 is 2. The average Bonchev–Trinajstić information content (AvgIpc) is 3.16. The number of benzene rings is 2. The summed E-state index contributed by atoms with van der Waals surface area (Å²) in [6, 6.07) is 14.5. The van der Waals surface area contributed by atoms with Crippen molar-refractivity contribution >= 4 is 23.4 Å². The van der Waals surface area contributed by atoms with Crippen molar-refractivity contribution in [2.75, 3.05) is 19.5 Å². The lowest BCUT2D eigenvalue weighted by Crippen LogP contribution is -2.22. The minimum absolute atomic E-state index is 0.186. The van der Waals surface area contributed by atoms with Crippen LogP contribution in [0, 0.1) is 0 Å². The molecular weight excluding hydrogens is 366 g/mol. The molecule has 1 N–H and O–H groups in total. The maximum Gasteiger partial charge on any atom is 0.277 e. The highest BCUT2D eigenvalue weighted by Gasteiger charge is 2.20. The minimum atomic E-state index is -0.431. The molecule has 0 saturated carbocycles. The van der Waals surface area contributed by atoms with Gasteiger partial charge in [-0.25, -0.2) is 0 Å². The molecule has 0 fully saturated rings. The summed E-state index contributed by atoms with van der Waals surface area (Å²) in [5.74, 6) is 1.54. The molecule has 0 saturated heterocycles. The maximum atomic E-state index is 12.4. The zero-order chi connectivity index (χ0) is 19.2. The SMILES string of the molecule is COc1ccc(-c2nnc(S[C@H](C)C(=O)Nc3ccccc3OC)o2)cc1. The first kappa shape index (κ1) is 18.8. The van der Waals surface area contributed by atoms with Gasteiger partial charge in [0.05, 0.1) is 25.2 Å². The van der Waals surface area contributed by atoms with E-state index in [9.17, 15) is 4.79 Å². The predicted molar refractivity (Wildman–Crippen MR) is 103 cm³/mol. The van der Waals surface area contributed by atoms with Gasteiger partial charge >= 0.3 is 0 Å². The molecule has 0 aliphatic rings. The molecule has 1 heterocycles. The molecule has 2 aromatic carbocycles. The highest BCUT2D eigenvalue weighted by atomic mass is 32.2. The van der Waals surface area contributed by atoms with E-state index >= 15 is 0 Å². The van der Waals surface area contributed by atoms with Gasteiger partial charge in [-0.3, -0.25) is 4.79 Å². The number of ether oxygens (including phenoxy) is 2. The third kappa shape index (κ3) is 4.59. The second-order valence-corrected chi connectivity index (χ2v) is 6.84. The summed E-state index contributed by atoms with van der Waals surface area (Å²) in [5, 5.41) is 10.8. The molecule has 27 heavy (non-hydrogen) atoms. The fourth-order valence-electron chi connectivity index (χ4n) is 2.29. The van der Waals surface area contributed by atoms with Crippen molar-refractivity contribution in [2.45, 2.75) is 17.4 Å². The fourth-order valence-corrected chi connectivity index (χ4v) is 2.98. The normalized spacial score (nSPS) is 11.7. The molecule has 0 aliphatic carbocycles. The summed E-state index contributed by atoms with van der Waals surface area (Å²) in [6.07, 6.45) is 0. The Balaban J connectivity index is 1.64. The summed E-state index contributed by atoms with van der Waals surface area (Å²) >= 11 is 1.19. The molecule has 0 aliphatic heterocycles. The molecule has 1 atom stereocenters. The summed E-state index contributed by atoms with van der Waals surface area (Å²) in [5.41, 5.74) is 1.39. The number of carbonyl (C=O) groups excluding carboxylic acids is 1. The van der Waals surface area contributed by atoms with Crippen LogP contribution < -0.4 is 14.8 Å². The van der Waals surface area contributed by atoms with Crippen LogP contribution in [0.1, 0.15) is 6.92 Å². The number of rotatable bonds is 7. The molecule has 1 amide bonds. The molecule has 3 aromatic rings. The number of hydrogen-bond acceptors (Lipinski definition) is 7. The number of anilines is 1. The number of amides is 1. The van der Waals surface area contributed by atoms with E-state index in [2.05, 4.69) is 15.5 Å². The van der Waals surface area contributed by atoms with E-state index in [0.717, 1.165) is 11.3 Å². The van der Waals surface area contributed by atoms with Crippen molar-refractivity contribution in [3.63, 3.8) is 0 Å². The first-order valence-electron chi connectivity index (χ1n) is 8.19. The van der Waals surface area contributed by atoms with Crippen LogP contribution >= 0.6 is 11.8 Å². The Labute approximate surface area is 161 Å². The second kappa shape index (κ2) is 8.59. The van der Waals surface area contributed by atoms with E-state index in [-0.39, 0.29) is 5.91 Å². The zero-order valence-electron chi connectivity index (χ0n) is 15.1. The van der Waals surface area contributed by atoms with Crippen LogP contribution in [-0.2, 0) is 4.79 Å². The van der Waals surface area contributed by atoms with Gasteiger partial charge in [0.2, 0.25) is 11.8 Å². The number of nitrogens with zero attached hydrogens (tertiary/aromatic N) is 2. The van der Waals surface area contributed by atoms with Crippen LogP contribution in [0.2, 0.25) is 0 Å². The second-order valence-electron chi connectivity index (χ2n) is 5.55. The minimum Gasteiger partial charge on any atom is -0.497 e. The van der Waals surface area contributed by atoms with Crippen LogP contribution in [0.15, 0.2) is 58.2 Å². The smallest absolute Gasteiger partial charge is 0.277 e. The predicted octanol–water partition coefficient (Wildman–Crippen LogP) is 3.87. The van der Waals surface area contributed by atoms with E-state index < -0.39 is 5.25 Å². The average molecular weight is 385 g/mol. The number of para-hydroxylation sites is 2. The zero-order valence-corrected chi connectivity index (χ0v) is 15.9. The highest BCUT2D eigenvalue weighted by molar-refractivity contribution is 8.00. The molecule has 0 bridgehead atoms. The Hall–Kier alpha value is -3.00.